The summed E-state index contributed by atoms with van der Waals surface area (Å²) in [7, 11) is 0. The Kier molecular flexibility index (Phi) is 3.91. The van der Waals surface area contributed by atoms with E-state index in [0.717, 1.165) is 29.5 Å². The van der Waals surface area contributed by atoms with Crippen molar-refractivity contribution in [1.82, 2.24) is 9.88 Å². The Labute approximate surface area is 124 Å². The summed E-state index contributed by atoms with van der Waals surface area (Å²) < 4.78 is 0.985. The molecule has 100 valence electrons. The van der Waals surface area contributed by atoms with Crippen molar-refractivity contribution in [2.75, 3.05) is 12.3 Å². The molecule has 3 heterocycles. The molecule has 0 bridgehead atoms. The van der Waals surface area contributed by atoms with Crippen molar-refractivity contribution >= 4 is 40.3 Å². The minimum Gasteiger partial charge on any atom is -0.337 e. The summed E-state index contributed by atoms with van der Waals surface area (Å²) >= 11 is 4.96. The summed E-state index contributed by atoms with van der Waals surface area (Å²) in [5.41, 5.74) is 2.35. The Balaban J connectivity index is 1.57. The van der Waals surface area contributed by atoms with Crippen LogP contribution in [-0.4, -0.2) is 28.1 Å². The van der Waals surface area contributed by atoms with E-state index >= 15 is 0 Å². The van der Waals surface area contributed by atoms with Gasteiger partial charge in [-0.15, -0.1) is 22.7 Å². The van der Waals surface area contributed by atoms with Crippen LogP contribution in [0.3, 0.4) is 0 Å². The Bertz CT molecular complexity index is 590. The molecule has 0 aromatic carbocycles. The van der Waals surface area contributed by atoms with Crippen molar-refractivity contribution < 1.29 is 4.79 Å². The maximum Gasteiger partial charge on any atom is 0.233 e. The first-order chi connectivity index (χ1) is 9.22. The van der Waals surface area contributed by atoms with Crippen molar-refractivity contribution in [3.8, 4) is 0 Å². The van der Waals surface area contributed by atoms with Crippen molar-refractivity contribution in [3.63, 3.8) is 0 Å². The summed E-state index contributed by atoms with van der Waals surface area (Å²) in [5, 5.41) is 4.14. The number of fused-ring (bicyclic) bond motifs is 1. The smallest absolute Gasteiger partial charge is 0.233 e. The third-order valence-electron chi connectivity index (χ3n) is 3.08. The largest absolute Gasteiger partial charge is 0.337 e. The normalized spacial score (nSPS) is 14.5. The van der Waals surface area contributed by atoms with Gasteiger partial charge in [-0.05, 0) is 30.4 Å². The molecule has 0 saturated carbocycles. The topological polar surface area (TPSA) is 33.2 Å². The van der Waals surface area contributed by atoms with Crippen molar-refractivity contribution in [1.29, 1.82) is 0 Å². The highest BCUT2D eigenvalue weighted by Gasteiger charge is 2.21. The third kappa shape index (κ3) is 3.01. The van der Waals surface area contributed by atoms with Gasteiger partial charge < -0.3 is 4.90 Å². The van der Waals surface area contributed by atoms with Gasteiger partial charge >= 0.3 is 0 Å². The van der Waals surface area contributed by atoms with Gasteiger partial charge in [0.05, 0.1) is 5.75 Å². The molecule has 1 aliphatic rings. The lowest BCUT2D eigenvalue weighted by Crippen LogP contribution is -2.36. The Morgan fingerprint density at radius 1 is 1.53 bits per heavy atom. The van der Waals surface area contributed by atoms with Crippen LogP contribution in [0.15, 0.2) is 21.2 Å². The highest BCUT2D eigenvalue weighted by atomic mass is 32.2. The number of amides is 1. The minimum atomic E-state index is 0.217. The number of carbonyl (C=O) groups is 1. The lowest BCUT2D eigenvalue weighted by Gasteiger charge is -2.26. The average molecular weight is 310 g/mol. The van der Waals surface area contributed by atoms with E-state index in [1.807, 2.05) is 17.2 Å². The fourth-order valence-corrected chi connectivity index (χ4v) is 4.72. The van der Waals surface area contributed by atoms with Crippen molar-refractivity contribution in [2.24, 2.45) is 0 Å². The standard InChI is InChI=1S/C13H14N2OS3/c1-9-7-18-13(14-9)19-8-12(16)15-4-2-11-10(6-15)3-5-17-11/h3,5,7H,2,4,6,8H2,1H3. The van der Waals surface area contributed by atoms with Gasteiger partial charge in [-0.2, -0.15) is 0 Å². The molecular formula is C13H14N2OS3. The summed E-state index contributed by atoms with van der Waals surface area (Å²) in [5.74, 6) is 0.710. The average Bonchev–Trinajstić information content (AvgIpc) is 3.03. The van der Waals surface area contributed by atoms with E-state index in [2.05, 4.69) is 16.4 Å². The molecule has 1 amide bonds. The van der Waals surface area contributed by atoms with E-state index in [9.17, 15) is 4.79 Å². The van der Waals surface area contributed by atoms with Gasteiger partial charge in [-0.3, -0.25) is 4.79 Å². The highest BCUT2D eigenvalue weighted by molar-refractivity contribution is 8.01. The van der Waals surface area contributed by atoms with Crippen molar-refractivity contribution in [3.05, 3.63) is 33.0 Å². The number of carbonyl (C=O) groups excluding carboxylic acids is 1. The Hall–Kier alpha value is -0.850. The molecule has 0 radical (unpaired) electrons. The SMILES string of the molecule is Cc1csc(SCC(=O)N2CCc3sccc3C2)n1. The second-order valence-electron chi connectivity index (χ2n) is 4.48. The number of thiophene rings is 1. The van der Waals surface area contributed by atoms with E-state index < -0.39 is 0 Å². The molecule has 3 nitrogen and oxygen atoms in total. The highest BCUT2D eigenvalue weighted by Crippen LogP contribution is 2.26. The van der Waals surface area contributed by atoms with Gasteiger partial charge in [-0.1, -0.05) is 11.8 Å². The van der Waals surface area contributed by atoms with Crippen LogP contribution in [0.2, 0.25) is 0 Å². The molecule has 2 aromatic rings. The zero-order chi connectivity index (χ0) is 13.2. The molecule has 1 aliphatic heterocycles. The lowest BCUT2D eigenvalue weighted by molar-refractivity contribution is -0.129. The molecule has 0 unspecified atom stereocenters. The number of thiazole rings is 1. The lowest BCUT2D eigenvalue weighted by atomic mass is 10.1. The van der Waals surface area contributed by atoms with Gasteiger partial charge in [0.25, 0.3) is 0 Å². The first kappa shape index (κ1) is 13.1. The summed E-state index contributed by atoms with van der Waals surface area (Å²) in [6, 6.07) is 2.14. The summed E-state index contributed by atoms with van der Waals surface area (Å²) in [6.45, 7) is 3.60. The zero-order valence-electron chi connectivity index (χ0n) is 10.6. The molecule has 3 rings (SSSR count). The summed E-state index contributed by atoms with van der Waals surface area (Å²) in [4.78, 5) is 20.0. The van der Waals surface area contributed by atoms with Crippen LogP contribution in [0.1, 0.15) is 16.1 Å². The number of rotatable bonds is 3. The fraction of sp³-hybridized carbons (Fsp3) is 0.385. The first-order valence-corrected chi connectivity index (χ1v) is 8.85. The van der Waals surface area contributed by atoms with Crippen LogP contribution in [0.4, 0.5) is 0 Å². The molecule has 19 heavy (non-hydrogen) atoms. The fourth-order valence-electron chi connectivity index (χ4n) is 2.07. The van der Waals surface area contributed by atoms with E-state index in [1.165, 1.54) is 10.4 Å². The second-order valence-corrected chi connectivity index (χ2v) is 7.56. The van der Waals surface area contributed by atoms with Crippen LogP contribution in [0.5, 0.6) is 0 Å². The zero-order valence-corrected chi connectivity index (χ0v) is 13.0. The second kappa shape index (κ2) is 5.64. The van der Waals surface area contributed by atoms with Gasteiger partial charge in [-0.25, -0.2) is 4.98 Å². The number of aryl methyl sites for hydroxylation is 1. The van der Waals surface area contributed by atoms with Crippen LogP contribution < -0.4 is 0 Å². The third-order valence-corrected chi connectivity index (χ3v) is 6.22. The number of nitrogens with zero attached hydrogens (tertiary/aromatic N) is 2. The first-order valence-electron chi connectivity index (χ1n) is 6.10. The molecule has 0 fully saturated rings. The van der Waals surface area contributed by atoms with Gasteiger partial charge in [0, 0.05) is 29.0 Å². The van der Waals surface area contributed by atoms with Crippen LogP contribution >= 0.6 is 34.4 Å². The monoisotopic (exact) mass is 310 g/mol. The van der Waals surface area contributed by atoms with E-state index in [-0.39, 0.29) is 5.91 Å². The Morgan fingerprint density at radius 2 is 2.42 bits per heavy atom. The summed E-state index contributed by atoms with van der Waals surface area (Å²) in [6.07, 6.45) is 1.000. The minimum absolute atomic E-state index is 0.217. The van der Waals surface area contributed by atoms with Crippen molar-refractivity contribution in [2.45, 2.75) is 24.2 Å². The van der Waals surface area contributed by atoms with Gasteiger partial charge in [0.2, 0.25) is 5.91 Å². The number of aromatic nitrogens is 1. The molecule has 0 spiro atoms. The maximum absolute atomic E-state index is 12.2. The predicted octanol–water partition coefficient (Wildman–Crippen LogP) is 3.19. The van der Waals surface area contributed by atoms with E-state index in [0.29, 0.717) is 5.75 Å². The van der Waals surface area contributed by atoms with Gasteiger partial charge in [0.1, 0.15) is 0 Å². The van der Waals surface area contributed by atoms with Crippen LogP contribution in [0.25, 0.3) is 0 Å². The predicted molar refractivity (Wildman–Crippen MR) is 81.0 cm³/mol. The van der Waals surface area contributed by atoms with E-state index in [1.54, 1.807) is 34.4 Å². The van der Waals surface area contributed by atoms with Crippen LogP contribution in [-0.2, 0) is 17.8 Å². The molecule has 0 aliphatic carbocycles. The van der Waals surface area contributed by atoms with Gasteiger partial charge in [0.15, 0.2) is 4.34 Å². The number of hydrogen-bond donors (Lipinski definition) is 0. The Morgan fingerprint density at radius 3 is 3.21 bits per heavy atom. The molecular weight excluding hydrogens is 296 g/mol. The van der Waals surface area contributed by atoms with E-state index in [4.69, 9.17) is 0 Å². The quantitative estimate of drug-likeness (QED) is 0.816. The molecule has 0 N–H and O–H groups in total. The molecule has 0 saturated heterocycles. The number of hydrogen-bond acceptors (Lipinski definition) is 5. The molecule has 0 atom stereocenters. The van der Waals surface area contributed by atoms with Crippen LogP contribution in [0, 0.1) is 6.92 Å². The maximum atomic E-state index is 12.2. The number of thioether (sulfide) groups is 1. The molecule has 2 aromatic heterocycles. The molecule has 6 heteroatoms.